The van der Waals surface area contributed by atoms with Crippen LogP contribution in [0.2, 0.25) is 0 Å². The zero-order chi connectivity index (χ0) is 21.1. The van der Waals surface area contributed by atoms with Crippen LogP contribution in [0.4, 0.5) is 0 Å². The highest BCUT2D eigenvalue weighted by molar-refractivity contribution is 7.90. The predicted octanol–water partition coefficient (Wildman–Crippen LogP) is 5.49. The van der Waals surface area contributed by atoms with Gasteiger partial charge in [-0.15, -0.1) is 12.6 Å². The summed E-state index contributed by atoms with van der Waals surface area (Å²) in [6.45, 7) is 2.39. The highest BCUT2D eigenvalue weighted by Gasteiger charge is 2.29. The fraction of sp³-hybridized carbons (Fsp3) is 0.261. The van der Waals surface area contributed by atoms with Crippen molar-refractivity contribution in [2.75, 3.05) is 6.54 Å². The van der Waals surface area contributed by atoms with Crippen LogP contribution in [0.25, 0.3) is 4.91 Å². The number of thiol groups is 1. The third-order valence-corrected chi connectivity index (χ3v) is 6.85. The minimum atomic E-state index is -0.103. The van der Waals surface area contributed by atoms with Crippen LogP contribution in [0, 0.1) is 12.3 Å². The average Bonchev–Trinajstić information content (AvgIpc) is 3.14. The number of carbonyl (C=O) groups is 1. The van der Waals surface area contributed by atoms with Crippen molar-refractivity contribution in [3.63, 3.8) is 0 Å². The van der Waals surface area contributed by atoms with Gasteiger partial charge in [-0.25, -0.2) is 0 Å². The number of aromatic nitrogens is 1. The van der Waals surface area contributed by atoms with E-state index in [0.29, 0.717) is 40.0 Å². The van der Waals surface area contributed by atoms with Crippen LogP contribution >= 0.6 is 24.0 Å². The number of nitrogens with zero attached hydrogens (tertiary/aromatic N) is 1. The number of allylic oxidation sites excluding steroid dienone is 3. The molecule has 2 N–H and O–H groups in total. The van der Waals surface area contributed by atoms with Crippen LogP contribution in [-0.4, -0.2) is 23.7 Å². The van der Waals surface area contributed by atoms with E-state index < -0.39 is 0 Å². The number of amides is 1. The molecule has 0 fully saturated rings. The number of nitrogens with one attached hydrogen (secondary N) is 2. The van der Waals surface area contributed by atoms with Crippen molar-refractivity contribution >= 4 is 41.0 Å². The Bertz CT molecular complexity index is 1100. The second-order valence-corrected chi connectivity index (χ2v) is 8.65. The Morgan fingerprint density at radius 1 is 1.40 bits per heavy atom. The molecule has 0 bridgehead atoms. The monoisotopic (exact) mass is 437 g/mol. The maximum absolute atomic E-state index is 13.0. The van der Waals surface area contributed by atoms with Crippen LogP contribution in [0.1, 0.15) is 45.8 Å². The van der Waals surface area contributed by atoms with Gasteiger partial charge in [-0.2, -0.15) is 0 Å². The summed E-state index contributed by atoms with van der Waals surface area (Å²) in [6, 6.07) is 3.68. The van der Waals surface area contributed by atoms with Crippen LogP contribution in [0.3, 0.4) is 0 Å². The number of fused-ring (bicyclic) bond motifs is 1. The summed E-state index contributed by atoms with van der Waals surface area (Å²) in [5, 5.41) is 11.4. The molecule has 4 rings (SSSR count). The molecular formula is C23H23N3O2S2. The number of ether oxygens (including phenoxy) is 1. The Morgan fingerprint density at radius 2 is 2.27 bits per heavy atom. The van der Waals surface area contributed by atoms with Crippen LogP contribution in [0.5, 0.6) is 10.8 Å². The molecule has 154 valence electrons. The summed E-state index contributed by atoms with van der Waals surface area (Å²) in [5.41, 5.74) is 4.51. The quantitative estimate of drug-likeness (QED) is 0.413. The maximum atomic E-state index is 13.0. The summed E-state index contributed by atoms with van der Waals surface area (Å²) in [6.07, 6.45) is 12.9. The SMILES string of the molecule is Cc1ncccc1Oc1sc(C(=O)NCC2=CCCC=C2)c2c1C(S)=C(C=N)CC2. The Hall–Kier alpha value is -2.64. The maximum Gasteiger partial charge on any atom is 0.262 e. The van der Waals surface area contributed by atoms with Gasteiger partial charge in [-0.1, -0.05) is 29.6 Å². The van der Waals surface area contributed by atoms with E-state index in [1.807, 2.05) is 19.1 Å². The number of aryl methyl sites for hydroxylation is 1. The van der Waals surface area contributed by atoms with Crippen LogP contribution in [-0.2, 0) is 6.42 Å². The molecule has 2 aromatic heterocycles. The summed E-state index contributed by atoms with van der Waals surface area (Å²) < 4.78 is 6.19. The van der Waals surface area contributed by atoms with E-state index in [0.717, 1.165) is 40.8 Å². The Morgan fingerprint density at radius 3 is 3.00 bits per heavy atom. The molecule has 0 spiro atoms. The third kappa shape index (κ3) is 4.13. The average molecular weight is 438 g/mol. The van der Waals surface area contributed by atoms with E-state index in [1.54, 1.807) is 6.20 Å². The number of thiophene rings is 1. The molecule has 2 aliphatic carbocycles. The zero-order valence-corrected chi connectivity index (χ0v) is 18.4. The molecule has 0 radical (unpaired) electrons. The Labute approximate surface area is 185 Å². The van der Waals surface area contributed by atoms with E-state index in [9.17, 15) is 4.79 Å². The van der Waals surface area contributed by atoms with Crippen molar-refractivity contribution in [2.24, 2.45) is 0 Å². The van der Waals surface area contributed by atoms with E-state index in [-0.39, 0.29) is 5.91 Å². The van der Waals surface area contributed by atoms with Gasteiger partial charge in [-0.3, -0.25) is 9.78 Å². The van der Waals surface area contributed by atoms with Crippen molar-refractivity contribution in [2.45, 2.75) is 32.6 Å². The van der Waals surface area contributed by atoms with Gasteiger partial charge in [0.1, 0.15) is 5.75 Å². The number of carbonyl (C=O) groups excluding carboxylic acids is 1. The topological polar surface area (TPSA) is 75.1 Å². The molecule has 0 aliphatic heterocycles. The van der Waals surface area contributed by atoms with Crippen molar-refractivity contribution in [3.05, 3.63) is 69.4 Å². The summed E-state index contributed by atoms with van der Waals surface area (Å²) >= 11 is 6.02. The van der Waals surface area contributed by atoms with Crippen molar-refractivity contribution < 1.29 is 9.53 Å². The molecule has 30 heavy (non-hydrogen) atoms. The standard InChI is InChI=1S/C23H23N3O2S2/c1-14-18(8-5-11-25-14)28-23-19-17(10-9-16(12-24)20(19)29)21(30-23)22(27)26-13-15-6-3-2-4-7-15/h3,5-8,11-12,24,29H,2,4,9-10,13H2,1H3,(H,26,27). The first-order valence-electron chi connectivity index (χ1n) is 9.90. The first-order chi connectivity index (χ1) is 14.6. The van der Waals surface area contributed by atoms with Gasteiger partial charge in [0.05, 0.1) is 10.6 Å². The number of rotatable bonds is 6. The Kier molecular flexibility index (Phi) is 6.20. The molecule has 0 saturated heterocycles. The highest BCUT2D eigenvalue weighted by atomic mass is 32.1. The van der Waals surface area contributed by atoms with E-state index in [4.69, 9.17) is 10.1 Å². The van der Waals surface area contributed by atoms with Crippen molar-refractivity contribution in [1.29, 1.82) is 5.41 Å². The molecule has 2 heterocycles. The third-order valence-electron chi connectivity index (χ3n) is 5.23. The number of pyridine rings is 1. The predicted molar refractivity (Wildman–Crippen MR) is 125 cm³/mol. The summed E-state index contributed by atoms with van der Waals surface area (Å²) in [7, 11) is 0. The van der Waals surface area contributed by atoms with Crippen LogP contribution < -0.4 is 10.1 Å². The second kappa shape index (κ2) is 9.02. The Balaban J connectivity index is 1.68. The molecular weight excluding hydrogens is 414 g/mol. The summed E-state index contributed by atoms with van der Waals surface area (Å²) in [5.74, 6) is 0.544. The molecule has 7 heteroatoms. The van der Waals surface area contributed by atoms with E-state index in [1.165, 1.54) is 17.6 Å². The highest BCUT2D eigenvalue weighted by Crippen LogP contribution is 2.47. The van der Waals surface area contributed by atoms with Gasteiger partial charge >= 0.3 is 0 Å². The van der Waals surface area contributed by atoms with E-state index in [2.05, 4.69) is 41.2 Å². The van der Waals surface area contributed by atoms with Gasteiger partial charge in [0, 0.05) is 29.4 Å². The van der Waals surface area contributed by atoms with Crippen molar-refractivity contribution in [1.82, 2.24) is 10.3 Å². The fourth-order valence-electron chi connectivity index (χ4n) is 3.59. The van der Waals surface area contributed by atoms with Gasteiger partial charge in [0.25, 0.3) is 5.91 Å². The molecule has 0 unspecified atom stereocenters. The minimum absolute atomic E-state index is 0.103. The lowest BCUT2D eigenvalue weighted by molar-refractivity contribution is 0.0960. The lowest BCUT2D eigenvalue weighted by Crippen LogP contribution is -2.26. The molecule has 2 aromatic rings. The molecule has 2 aliphatic rings. The van der Waals surface area contributed by atoms with Gasteiger partial charge < -0.3 is 15.5 Å². The molecule has 1 amide bonds. The molecule has 0 aromatic carbocycles. The lowest BCUT2D eigenvalue weighted by Gasteiger charge is -2.17. The minimum Gasteiger partial charge on any atom is -0.444 e. The normalized spacial score (nSPS) is 15.5. The number of hydrogen-bond donors (Lipinski definition) is 3. The fourth-order valence-corrected chi connectivity index (χ4v) is 5.22. The number of hydrogen-bond acceptors (Lipinski definition) is 6. The molecule has 0 saturated carbocycles. The largest absolute Gasteiger partial charge is 0.444 e. The molecule has 0 atom stereocenters. The van der Waals surface area contributed by atoms with Crippen LogP contribution in [0.15, 0.2) is 47.7 Å². The smallest absolute Gasteiger partial charge is 0.262 e. The second-order valence-electron chi connectivity index (χ2n) is 7.22. The molecule has 5 nitrogen and oxygen atoms in total. The first-order valence-corrected chi connectivity index (χ1v) is 11.2. The first kappa shape index (κ1) is 20.6. The van der Waals surface area contributed by atoms with Crippen molar-refractivity contribution in [3.8, 4) is 10.8 Å². The zero-order valence-electron chi connectivity index (χ0n) is 16.7. The summed E-state index contributed by atoms with van der Waals surface area (Å²) in [4.78, 5) is 18.7. The van der Waals surface area contributed by atoms with Gasteiger partial charge in [-0.05, 0) is 61.4 Å². The van der Waals surface area contributed by atoms with Gasteiger partial charge in [0.2, 0.25) is 0 Å². The lowest BCUT2D eigenvalue weighted by atomic mass is 9.93. The van der Waals surface area contributed by atoms with Gasteiger partial charge in [0.15, 0.2) is 5.06 Å². The van der Waals surface area contributed by atoms with E-state index >= 15 is 0 Å².